The van der Waals surface area contributed by atoms with Gasteiger partial charge in [-0.2, -0.15) is 0 Å². The van der Waals surface area contributed by atoms with E-state index in [0.717, 1.165) is 4.43 Å². The van der Waals surface area contributed by atoms with E-state index in [4.69, 9.17) is 0 Å². The first-order valence-corrected chi connectivity index (χ1v) is 5.90. The maximum absolute atomic E-state index is 9.79. The van der Waals surface area contributed by atoms with Crippen LogP contribution in [-0.4, -0.2) is 15.6 Å². The van der Waals surface area contributed by atoms with Gasteiger partial charge in [0.15, 0.2) is 0 Å². The van der Waals surface area contributed by atoms with Crippen molar-refractivity contribution in [3.05, 3.63) is 11.6 Å². The number of allylic oxidation sites excluding steroid dienone is 1. The van der Waals surface area contributed by atoms with E-state index < -0.39 is 0 Å². The minimum atomic E-state index is -0.197. The van der Waals surface area contributed by atoms with E-state index in [1.165, 1.54) is 5.57 Å². The molecule has 1 nitrogen and oxygen atoms in total. The van der Waals surface area contributed by atoms with Crippen molar-refractivity contribution >= 4 is 22.6 Å². The van der Waals surface area contributed by atoms with Crippen LogP contribution < -0.4 is 0 Å². The van der Waals surface area contributed by atoms with Crippen LogP contribution in [0.25, 0.3) is 0 Å². The smallest absolute Gasteiger partial charge is 0.0633 e. The van der Waals surface area contributed by atoms with Crippen molar-refractivity contribution in [1.29, 1.82) is 0 Å². The summed E-state index contributed by atoms with van der Waals surface area (Å²) in [5.41, 5.74) is 1.28. The van der Waals surface area contributed by atoms with Gasteiger partial charge in [0, 0.05) is 10.3 Å². The molecule has 0 aromatic rings. The Morgan fingerprint density at radius 2 is 1.92 bits per heavy atom. The summed E-state index contributed by atoms with van der Waals surface area (Å²) in [6.07, 6.45) is 1.93. The molecule has 0 bridgehead atoms. The monoisotopic (exact) mass is 282 g/mol. The lowest BCUT2D eigenvalue weighted by Gasteiger charge is -2.21. The first kappa shape index (κ1) is 12.4. The van der Waals surface area contributed by atoms with Gasteiger partial charge in [-0.1, -0.05) is 48.1 Å². The fourth-order valence-corrected chi connectivity index (χ4v) is 1.75. The topological polar surface area (TPSA) is 20.2 Å². The van der Waals surface area contributed by atoms with Crippen molar-refractivity contribution in [3.8, 4) is 0 Å². The fraction of sp³-hybridized carbons (Fsp3) is 0.800. The summed E-state index contributed by atoms with van der Waals surface area (Å²) in [5, 5.41) is 9.79. The van der Waals surface area contributed by atoms with Gasteiger partial charge in [-0.15, -0.1) is 0 Å². The first-order valence-electron chi connectivity index (χ1n) is 4.38. The Hall–Kier alpha value is 0.430. The highest BCUT2D eigenvalue weighted by molar-refractivity contribution is 14.1. The molecule has 0 aromatic heterocycles. The molecular formula is C10H19IO. The van der Waals surface area contributed by atoms with E-state index in [2.05, 4.69) is 56.4 Å². The second kappa shape index (κ2) is 5.97. The van der Waals surface area contributed by atoms with Crippen molar-refractivity contribution in [1.82, 2.24) is 0 Å². The molecule has 12 heavy (non-hydrogen) atoms. The molecule has 0 aromatic carbocycles. The van der Waals surface area contributed by atoms with Crippen LogP contribution in [0.2, 0.25) is 0 Å². The Morgan fingerprint density at radius 3 is 2.25 bits per heavy atom. The molecule has 0 saturated carbocycles. The Labute approximate surface area is 89.4 Å². The Kier molecular flexibility index (Phi) is 6.19. The summed E-state index contributed by atoms with van der Waals surface area (Å²) >= 11 is 2.32. The summed E-state index contributed by atoms with van der Waals surface area (Å²) in [7, 11) is 0. The molecule has 3 atom stereocenters. The number of hydrogen-bond donors (Lipinski definition) is 1. The number of rotatable bonds is 4. The molecule has 0 rings (SSSR count). The van der Waals surface area contributed by atoms with Crippen molar-refractivity contribution in [3.63, 3.8) is 0 Å². The quantitative estimate of drug-likeness (QED) is 0.477. The predicted molar refractivity (Wildman–Crippen MR) is 62.7 cm³/mol. The van der Waals surface area contributed by atoms with Crippen LogP contribution in [0.15, 0.2) is 11.6 Å². The van der Waals surface area contributed by atoms with Crippen LogP contribution >= 0.6 is 22.6 Å². The SMILES string of the molecule is CC(C)=C[C@H](C)[C@@H](O)[C@@H](C)CI. The average Bonchev–Trinajstić information content (AvgIpc) is 2.00. The van der Waals surface area contributed by atoms with E-state index >= 15 is 0 Å². The van der Waals surface area contributed by atoms with Crippen LogP contribution in [0.4, 0.5) is 0 Å². The third kappa shape index (κ3) is 4.45. The number of hydrogen-bond acceptors (Lipinski definition) is 1. The summed E-state index contributed by atoms with van der Waals surface area (Å²) in [6.45, 7) is 8.29. The maximum atomic E-state index is 9.79. The van der Waals surface area contributed by atoms with E-state index in [1.807, 2.05) is 0 Å². The molecule has 2 heteroatoms. The molecule has 72 valence electrons. The van der Waals surface area contributed by atoms with Crippen LogP contribution in [0.1, 0.15) is 27.7 Å². The second-order valence-electron chi connectivity index (χ2n) is 3.73. The molecule has 0 amide bonds. The molecule has 1 N–H and O–H groups in total. The van der Waals surface area contributed by atoms with Crippen LogP contribution in [0, 0.1) is 11.8 Å². The van der Waals surface area contributed by atoms with Gasteiger partial charge in [-0.25, -0.2) is 0 Å². The van der Waals surface area contributed by atoms with E-state index in [-0.39, 0.29) is 12.0 Å². The third-order valence-corrected chi connectivity index (χ3v) is 3.35. The fourth-order valence-electron chi connectivity index (χ4n) is 1.23. The molecule has 0 radical (unpaired) electrons. The number of alkyl halides is 1. The zero-order chi connectivity index (χ0) is 9.72. The lowest BCUT2D eigenvalue weighted by Crippen LogP contribution is -2.25. The van der Waals surface area contributed by atoms with Gasteiger partial charge in [0.05, 0.1) is 6.10 Å². The molecule has 0 aliphatic heterocycles. The molecule has 0 fully saturated rings. The first-order chi connectivity index (χ1) is 5.49. The number of aliphatic hydroxyl groups is 1. The van der Waals surface area contributed by atoms with E-state index in [0.29, 0.717) is 5.92 Å². The highest BCUT2D eigenvalue weighted by Gasteiger charge is 2.17. The predicted octanol–water partition coefficient (Wildman–Crippen LogP) is 3.02. The molecule has 0 saturated heterocycles. The summed E-state index contributed by atoms with van der Waals surface area (Å²) < 4.78 is 1.01. The standard InChI is InChI=1S/C10H19IO/c1-7(2)5-8(3)10(12)9(4)6-11/h5,8-10,12H,6H2,1-4H3/t8-,9-,10+/m0/s1. The largest absolute Gasteiger partial charge is 0.392 e. The number of halogens is 1. The normalized spacial score (nSPS) is 18.2. The van der Waals surface area contributed by atoms with Crippen LogP contribution in [-0.2, 0) is 0 Å². The summed E-state index contributed by atoms with van der Waals surface area (Å²) in [6, 6.07) is 0. The van der Waals surface area contributed by atoms with Crippen molar-refractivity contribution in [2.24, 2.45) is 11.8 Å². The van der Waals surface area contributed by atoms with Gasteiger partial charge >= 0.3 is 0 Å². The van der Waals surface area contributed by atoms with Crippen LogP contribution in [0.3, 0.4) is 0 Å². The van der Waals surface area contributed by atoms with Crippen molar-refractivity contribution in [2.45, 2.75) is 33.8 Å². The molecule has 0 unspecified atom stereocenters. The Morgan fingerprint density at radius 1 is 1.42 bits per heavy atom. The second-order valence-corrected chi connectivity index (χ2v) is 4.61. The van der Waals surface area contributed by atoms with Gasteiger partial charge in [0.1, 0.15) is 0 Å². The number of aliphatic hydroxyl groups excluding tert-OH is 1. The van der Waals surface area contributed by atoms with Crippen LogP contribution in [0.5, 0.6) is 0 Å². The third-order valence-electron chi connectivity index (χ3n) is 1.96. The lowest BCUT2D eigenvalue weighted by molar-refractivity contribution is 0.0939. The molecule has 0 spiro atoms. The minimum absolute atomic E-state index is 0.197. The summed E-state index contributed by atoms with van der Waals surface area (Å²) in [5.74, 6) is 0.663. The lowest BCUT2D eigenvalue weighted by atomic mass is 9.93. The molecule has 0 aliphatic rings. The zero-order valence-electron chi connectivity index (χ0n) is 8.34. The average molecular weight is 282 g/mol. The zero-order valence-corrected chi connectivity index (χ0v) is 10.5. The minimum Gasteiger partial charge on any atom is -0.392 e. The Balaban J connectivity index is 4.09. The van der Waals surface area contributed by atoms with Gasteiger partial charge in [0.25, 0.3) is 0 Å². The van der Waals surface area contributed by atoms with E-state index in [1.54, 1.807) is 0 Å². The van der Waals surface area contributed by atoms with E-state index in [9.17, 15) is 5.11 Å². The molecular weight excluding hydrogens is 263 g/mol. The van der Waals surface area contributed by atoms with Crippen molar-refractivity contribution in [2.75, 3.05) is 4.43 Å². The van der Waals surface area contributed by atoms with Crippen molar-refractivity contribution < 1.29 is 5.11 Å². The van der Waals surface area contributed by atoms with Gasteiger partial charge in [-0.05, 0) is 19.8 Å². The Bertz CT molecular complexity index is 150. The highest BCUT2D eigenvalue weighted by Crippen LogP contribution is 2.17. The molecule has 0 aliphatic carbocycles. The highest BCUT2D eigenvalue weighted by atomic mass is 127. The van der Waals surface area contributed by atoms with Gasteiger partial charge in [0.2, 0.25) is 0 Å². The molecule has 0 heterocycles. The summed E-state index contributed by atoms with van der Waals surface area (Å²) in [4.78, 5) is 0. The van der Waals surface area contributed by atoms with Gasteiger partial charge < -0.3 is 5.11 Å². The van der Waals surface area contributed by atoms with Gasteiger partial charge in [-0.3, -0.25) is 0 Å². The maximum Gasteiger partial charge on any atom is 0.0633 e.